The lowest BCUT2D eigenvalue weighted by molar-refractivity contribution is -0.141. The van der Waals surface area contributed by atoms with Gasteiger partial charge in [0, 0.05) is 19.8 Å². The summed E-state index contributed by atoms with van der Waals surface area (Å²) in [4.78, 5) is 22.0. The van der Waals surface area contributed by atoms with Crippen LogP contribution in [0.2, 0.25) is 0 Å². The van der Waals surface area contributed by atoms with Crippen LogP contribution in [0.1, 0.15) is 38.2 Å². The molecule has 3 heteroatoms. The summed E-state index contributed by atoms with van der Waals surface area (Å²) in [5.41, 5.74) is 1.31. The fourth-order valence-corrected chi connectivity index (χ4v) is 1.73. The van der Waals surface area contributed by atoms with Gasteiger partial charge in [-0.1, -0.05) is 30.3 Å². The summed E-state index contributed by atoms with van der Waals surface area (Å²) in [5, 5.41) is 0. The number of carbonyl (C=O) groups is 2. The van der Waals surface area contributed by atoms with E-state index in [0.717, 1.165) is 19.3 Å². The molecule has 0 saturated heterocycles. The lowest BCUT2D eigenvalue weighted by atomic mass is 10.1. The standard InChI is InChI=1S/C15H20O3/c1-13(16)18-12-11-15(17)10-6-5-9-14-7-3-2-4-8-14/h2-4,7-8H,5-6,9-12H2,1H3. The van der Waals surface area contributed by atoms with Crippen LogP contribution >= 0.6 is 0 Å². The molecule has 0 aliphatic rings. The van der Waals surface area contributed by atoms with E-state index in [9.17, 15) is 9.59 Å². The molecule has 0 bridgehead atoms. The highest BCUT2D eigenvalue weighted by atomic mass is 16.5. The molecular weight excluding hydrogens is 228 g/mol. The molecule has 0 atom stereocenters. The predicted octanol–water partition coefficient (Wildman–Crippen LogP) is 2.92. The van der Waals surface area contributed by atoms with Crippen LogP contribution in [0.25, 0.3) is 0 Å². The largest absolute Gasteiger partial charge is 0.465 e. The van der Waals surface area contributed by atoms with E-state index in [0.29, 0.717) is 12.8 Å². The third-order valence-electron chi connectivity index (χ3n) is 2.70. The third-order valence-corrected chi connectivity index (χ3v) is 2.70. The van der Waals surface area contributed by atoms with E-state index >= 15 is 0 Å². The van der Waals surface area contributed by atoms with E-state index in [1.807, 2.05) is 18.2 Å². The van der Waals surface area contributed by atoms with Gasteiger partial charge in [0.05, 0.1) is 6.61 Å². The third kappa shape index (κ3) is 6.84. The minimum atomic E-state index is -0.327. The molecule has 0 saturated carbocycles. The second kappa shape index (κ2) is 8.45. The summed E-state index contributed by atoms with van der Waals surface area (Å²) in [7, 11) is 0. The first-order valence-electron chi connectivity index (χ1n) is 6.37. The Morgan fingerprint density at radius 3 is 2.44 bits per heavy atom. The van der Waals surface area contributed by atoms with Gasteiger partial charge >= 0.3 is 5.97 Å². The smallest absolute Gasteiger partial charge is 0.302 e. The summed E-state index contributed by atoms with van der Waals surface area (Å²) < 4.78 is 4.73. The van der Waals surface area contributed by atoms with Crippen LogP contribution < -0.4 is 0 Å². The van der Waals surface area contributed by atoms with Gasteiger partial charge in [-0.15, -0.1) is 0 Å². The molecule has 0 fully saturated rings. The highest BCUT2D eigenvalue weighted by molar-refractivity contribution is 5.78. The molecule has 0 N–H and O–H groups in total. The average Bonchev–Trinajstić information content (AvgIpc) is 2.35. The molecule has 98 valence electrons. The summed E-state index contributed by atoms with van der Waals surface area (Å²) >= 11 is 0. The van der Waals surface area contributed by atoms with Gasteiger partial charge in [-0.05, 0) is 24.8 Å². The Morgan fingerprint density at radius 2 is 1.78 bits per heavy atom. The summed E-state index contributed by atoms with van der Waals surface area (Å²) in [6.45, 7) is 1.57. The zero-order valence-electron chi connectivity index (χ0n) is 10.9. The fraction of sp³-hybridized carbons (Fsp3) is 0.467. The summed E-state index contributed by atoms with van der Waals surface area (Å²) in [6.07, 6.45) is 3.84. The molecule has 18 heavy (non-hydrogen) atoms. The minimum Gasteiger partial charge on any atom is -0.465 e. The second-order valence-corrected chi connectivity index (χ2v) is 4.32. The fourth-order valence-electron chi connectivity index (χ4n) is 1.73. The van der Waals surface area contributed by atoms with E-state index in [4.69, 9.17) is 4.74 Å². The van der Waals surface area contributed by atoms with Crippen LogP contribution in [-0.4, -0.2) is 18.4 Å². The Labute approximate surface area is 108 Å². The van der Waals surface area contributed by atoms with Crippen LogP contribution in [0.4, 0.5) is 0 Å². The van der Waals surface area contributed by atoms with Crippen molar-refractivity contribution in [3.8, 4) is 0 Å². The monoisotopic (exact) mass is 248 g/mol. The number of benzene rings is 1. The Balaban J connectivity index is 2.04. The van der Waals surface area contributed by atoms with E-state index in [1.165, 1.54) is 12.5 Å². The van der Waals surface area contributed by atoms with E-state index in [2.05, 4.69) is 12.1 Å². The van der Waals surface area contributed by atoms with E-state index in [-0.39, 0.29) is 18.4 Å². The quantitative estimate of drug-likeness (QED) is 0.525. The number of hydrogen-bond acceptors (Lipinski definition) is 3. The van der Waals surface area contributed by atoms with Crippen molar-refractivity contribution in [3.63, 3.8) is 0 Å². The zero-order chi connectivity index (χ0) is 13.2. The number of rotatable bonds is 8. The van der Waals surface area contributed by atoms with Crippen LogP contribution in [0.15, 0.2) is 30.3 Å². The van der Waals surface area contributed by atoms with Crippen molar-refractivity contribution >= 4 is 11.8 Å². The zero-order valence-corrected chi connectivity index (χ0v) is 10.9. The minimum absolute atomic E-state index is 0.171. The molecule has 0 aromatic heterocycles. The number of aryl methyl sites for hydroxylation is 1. The van der Waals surface area contributed by atoms with Crippen molar-refractivity contribution in [1.29, 1.82) is 0 Å². The lowest BCUT2D eigenvalue weighted by Gasteiger charge is -2.02. The molecule has 0 heterocycles. The maximum absolute atomic E-state index is 11.4. The molecular formula is C15H20O3. The van der Waals surface area contributed by atoms with E-state index in [1.54, 1.807) is 0 Å². The molecule has 0 unspecified atom stereocenters. The molecule has 0 aliphatic carbocycles. The molecule has 1 aromatic rings. The molecule has 1 rings (SSSR count). The average molecular weight is 248 g/mol. The number of unbranched alkanes of at least 4 members (excludes halogenated alkanes) is 1. The van der Waals surface area contributed by atoms with Crippen molar-refractivity contribution < 1.29 is 14.3 Å². The Hall–Kier alpha value is -1.64. The Bertz CT molecular complexity index is 371. The highest BCUT2D eigenvalue weighted by Gasteiger charge is 2.03. The van der Waals surface area contributed by atoms with Gasteiger partial charge < -0.3 is 4.74 Å². The van der Waals surface area contributed by atoms with Gasteiger partial charge in [0.2, 0.25) is 0 Å². The van der Waals surface area contributed by atoms with Gasteiger partial charge in [-0.25, -0.2) is 0 Å². The molecule has 0 radical (unpaired) electrons. The second-order valence-electron chi connectivity index (χ2n) is 4.32. The topological polar surface area (TPSA) is 43.4 Å². The molecule has 0 spiro atoms. The number of ketones is 1. The lowest BCUT2D eigenvalue weighted by Crippen LogP contribution is -2.07. The Morgan fingerprint density at radius 1 is 1.06 bits per heavy atom. The van der Waals surface area contributed by atoms with Crippen molar-refractivity contribution in [3.05, 3.63) is 35.9 Å². The number of ether oxygens (including phenoxy) is 1. The van der Waals surface area contributed by atoms with Gasteiger partial charge in [0.1, 0.15) is 5.78 Å². The first-order valence-corrected chi connectivity index (χ1v) is 6.37. The maximum Gasteiger partial charge on any atom is 0.302 e. The number of carbonyl (C=O) groups excluding carboxylic acids is 2. The summed E-state index contributed by atoms with van der Waals surface area (Å²) in [6, 6.07) is 10.3. The maximum atomic E-state index is 11.4. The molecule has 1 aromatic carbocycles. The van der Waals surface area contributed by atoms with Crippen molar-refractivity contribution in [2.75, 3.05) is 6.61 Å². The van der Waals surface area contributed by atoms with Crippen molar-refractivity contribution in [2.24, 2.45) is 0 Å². The van der Waals surface area contributed by atoms with Crippen LogP contribution in [-0.2, 0) is 20.7 Å². The normalized spacial score (nSPS) is 10.1. The number of hydrogen-bond donors (Lipinski definition) is 0. The van der Waals surface area contributed by atoms with Gasteiger partial charge in [-0.3, -0.25) is 9.59 Å². The van der Waals surface area contributed by atoms with Gasteiger partial charge in [-0.2, -0.15) is 0 Å². The highest BCUT2D eigenvalue weighted by Crippen LogP contribution is 2.07. The summed E-state index contributed by atoms with van der Waals surface area (Å²) in [5.74, 6) is -0.156. The van der Waals surface area contributed by atoms with Gasteiger partial charge in [0.15, 0.2) is 0 Å². The predicted molar refractivity (Wildman–Crippen MR) is 70.3 cm³/mol. The number of Topliss-reactive ketones (excluding diaryl/α,β-unsaturated/α-hetero) is 1. The molecule has 3 nitrogen and oxygen atoms in total. The number of esters is 1. The van der Waals surface area contributed by atoms with Crippen LogP contribution in [0.3, 0.4) is 0 Å². The van der Waals surface area contributed by atoms with Crippen molar-refractivity contribution in [1.82, 2.24) is 0 Å². The SMILES string of the molecule is CC(=O)OCCC(=O)CCCCc1ccccc1. The molecule has 0 amide bonds. The van der Waals surface area contributed by atoms with Crippen LogP contribution in [0.5, 0.6) is 0 Å². The van der Waals surface area contributed by atoms with Crippen LogP contribution in [0, 0.1) is 0 Å². The van der Waals surface area contributed by atoms with E-state index < -0.39 is 0 Å². The van der Waals surface area contributed by atoms with Gasteiger partial charge in [0.25, 0.3) is 0 Å². The first-order chi connectivity index (χ1) is 8.68. The van der Waals surface area contributed by atoms with Crippen molar-refractivity contribution in [2.45, 2.75) is 39.0 Å². The molecule has 0 aliphatic heterocycles. The Kier molecular flexibility index (Phi) is 6.77. The first kappa shape index (κ1) is 14.4.